The number of piperidine rings is 1. The number of fused-ring (bicyclic) bond motifs is 5. The van der Waals surface area contributed by atoms with E-state index in [0.717, 1.165) is 56.5 Å². The quantitative estimate of drug-likeness (QED) is 0.414. The van der Waals surface area contributed by atoms with Gasteiger partial charge in [0.05, 0.1) is 11.4 Å². The first-order chi connectivity index (χ1) is 16.4. The van der Waals surface area contributed by atoms with Gasteiger partial charge in [0.25, 0.3) is 0 Å². The number of rotatable bonds is 5. The summed E-state index contributed by atoms with van der Waals surface area (Å²) in [6.07, 6.45) is 8.47. The molecular formula is C27H42FN3O3. The van der Waals surface area contributed by atoms with Gasteiger partial charge in [-0.15, -0.1) is 0 Å². The molecule has 0 radical (unpaired) electrons. The van der Waals surface area contributed by atoms with Gasteiger partial charge >= 0.3 is 0 Å². The van der Waals surface area contributed by atoms with Crippen molar-refractivity contribution in [2.45, 2.75) is 84.2 Å². The number of likely N-dealkylation sites (tertiary alicyclic amines) is 1. The number of hydrogen-bond acceptors (Lipinski definition) is 6. The highest BCUT2D eigenvalue weighted by Gasteiger charge is 2.63. The molecule has 190 valence electrons. The summed E-state index contributed by atoms with van der Waals surface area (Å²) in [5, 5.41) is 9.08. The van der Waals surface area contributed by atoms with Gasteiger partial charge in [0.15, 0.2) is 12.0 Å². The Kier molecular flexibility index (Phi) is 6.77. The summed E-state index contributed by atoms with van der Waals surface area (Å²) in [5.41, 5.74) is 1.77. The van der Waals surface area contributed by atoms with Crippen molar-refractivity contribution >= 4 is 17.2 Å². The van der Waals surface area contributed by atoms with Crippen LogP contribution in [-0.2, 0) is 14.5 Å². The van der Waals surface area contributed by atoms with Crippen LogP contribution in [-0.4, -0.2) is 61.6 Å². The molecule has 5 fully saturated rings. The van der Waals surface area contributed by atoms with Gasteiger partial charge in [-0.05, 0) is 94.0 Å². The minimum Gasteiger partial charge on any atom is -0.399 e. The van der Waals surface area contributed by atoms with Crippen LogP contribution in [0, 0.1) is 34.5 Å². The summed E-state index contributed by atoms with van der Waals surface area (Å²) in [4.78, 5) is 26.3. The molecule has 0 bridgehead atoms. The van der Waals surface area contributed by atoms with Gasteiger partial charge in [-0.2, -0.15) is 0 Å². The Hall–Kier alpha value is -1.50. The molecule has 4 saturated carbocycles. The fraction of sp³-hybridized carbons (Fsp3) is 0.889. The fourth-order valence-electron chi connectivity index (χ4n) is 8.42. The zero-order chi connectivity index (χ0) is 23.9. The van der Waals surface area contributed by atoms with Crippen LogP contribution in [0.2, 0.25) is 0 Å². The third kappa shape index (κ3) is 4.10. The Morgan fingerprint density at radius 1 is 1.09 bits per heavy atom. The second-order valence-corrected chi connectivity index (χ2v) is 12.0. The molecule has 5 aliphatic rings. The lowest BCUT2D eigenvalue weighted by Gasteiger charge is -2.59. The fourth-order valence-corrected chi connectivity index (χ4v) is 8.42. The highest BCUT2D eigenvalue weighted by Crippen LogP contribution is 2.65. The standard InChI is InChI=1S/C27H42FN3O3/c1-26-9-7-18(29-34-14-13-31-11-5-4-6-12-31)15-22(26)24(30-33-3)16-19-20(26)8-10-27(2)21(19)17-23(28)25(27)32/h19-23H,4-17H2,1-3H3. The lowest BCUT2D eigenvalue weighted by Crippen LogP contribution is -2.56. The number of oxime groups is 2. The normalized spacial score (nSPS) is 45.1. The molecule has 1 aliphatic heterocycles. The van der Waals surface area contributed by atoms with Crippen LogP contribution in [0.3, 0.4) is 0 Å². The molecule has 0 aromatic carbocycles. The molecule has 0 N–H and O–H groups in total. The Bertz CT molecular complexity index is 841. The molecule has 5 rings (SSSR count). The average molecular weight is 476 g/mol. The maximum Gasteiger partial charge on any atom is 0.173 e. The molecule has 0 aromatic heterocycles. The maximum absolute atomic E-state index is 14.6. The Morgan fingerprint density at radius 3 is 2.65 bits per heavy atom. The van der Waals surface area contributed by atoms with E-state index in [9.17, 15) is 9.18 Å². The van der Waals surface area contributed by atoms with Crippen LogP contribution in [0.5, 0.6) is 0 Å². The van der Waals surface area contributed by atoms with E-state index in [0.29, 0.717) is 24.9 Å². The summed E-state index contributed by atoms with van der Waals surface area (Å²) in [5.74, 6) is 1.02. The minimum absolute atomic E-state index is 0.0753. The topological polar surface area (TPSA) is 63.5 Å². The van der Waals surface area contributed by atoms with E-state index in [1.54, 1.807) is 7.11 Å². The van der Waals surface area contributed by atoms with Crippen molar-refractivity contribution in [3.63, 3.8) is 0 Å². The van der Waals surface area contributed by atoms with Crippen molar-refractivity contribution in [1.82, 2.24) is 4.90 Å². The summed E-state index contributed by atoms with van der Waals surface area (Å²) in [7, 11) is 1.61. The molecule has 0 spiro atoms. The second kappa shape index (κ2) is 9.51. The molecule has 4 aliphatic carbocycles. The number of Topliss-reactive ketones (excluding diaryl/α,β-unsaturated/α-hetero) is 1. The third-order valence-electron chi connectivity index (χ3n) is 10.4. The Morgan fingerprint density at radius 2 is 1.88 bits per heavy atom. The van der Waals surface area contributed by atoms with Gasteiger partial charge < -0.3 is 9.68 Å². The van der Waals surface area contributed by atoms with Gasteiger partial charge in [-0.1, -0.05) is 30.6 Å². The average Bonchev–Trinajstić information content (AvgIpc) is 3.07. The first kappa shape index (κ1) is 24.2. The maximum atomic E-state index is 14.6. The summed E-state index contributed by atoms with van der Waals surface area (Å²) in [6, 6.07) is 0. The molecule has 1 saturated heterocycles. The molecule has 7 atom stereocenters. The summed E-state index contributed by atoms with van der Waals surface area (Å²) < 4.78 is 14.6. The molecule has 0 aromatic rings. The number of hydrogen-bond donors (Lipinski definition) is 0. The van der Waals surface area contributed by atoms with Gasteiger partial charge in [0.1, 0.15) is 13.7 Å². The number of carbonyl (C=O) groups is 1. The summed E-state index contributed by atoms with van der Waals surface area (Å²) in [6.45, 7) is 8.37. The number of nitrogens with zero attached hydrogens (tertiary/aromatic N) is 3. The van der Waals surface area contributed by atoms with Crippen LogP contribution in [0.1, 0.15) is 78.1 Å². The van der Waals surface area contributed by atoms with E-state index >= 15 is 0 Å². The minimum atomic E-state index is -1.30. The molecule has 1 heterocycles. The molecule has 34 heavy (non-hydrogen) atoms. The largest absolute Gasteiger partial charge is 0.399 e. The molecule has 7 heteroatoms. The molecule has 6 nitrogen and oxygen atoms in total. The van der Waals surface area contributed by atoms with Crippen LogP contribution >= 0.6 is 0 Å². The van der Waals surface area contributed by atoms with Gasteiger partial charge in [0, 0.05) is 17.9 Å². The lowest BCUT2D eigenvalue weighted by atomic mass is 9.45. The van der Waals surface area contributed by atoms with Crippen LogP contribution in [0.15, 0.2) is 10.3 Å². The number of halogens is 1. The molecule has 0 amide bonds. The molecule has 7 unspecified atom stereocenters. The van der Waals surface area contributed by atoms with Crippen LogP contribution in [0.25, 0.3) is 0 Å². The van der Waals surface area contributed by atoms with Crippen molar-refractivity contribution in [2.24, 2.45) is 44.8 Å². The van der Waals surface area contributed by atoms with E-state index in [-0.39, 0.29) is 23.0 Å². The van der Waals surface area contributed by atoms with Gasteiger partial charge in [-0.3, -0.25) is 9.69 Å². The van der Waals surface area contributed by atoms with Gasteiger partial charge in [-0.25, -0.2) is 4.39 Å². The highest BCUT2D eigenvalue weighted by molar-refractivity contribution is 5.96. The second-order valence-electron chi connectivity index (χ2n) is 12.0. The first-order valence-electron chi connectivity index (χ1n) is 13.5. The summed E-state index contributed by atoms with van der Waals surface area (Å²) >= 11 is 0. The Balaban J connectivity index is 1.29. The van der Waals surface area contributed by atoms with Crippen molar-refractivity contribution < 1.29 is 18.9 Å². The van der Waals surface area contributed by atoms with Crippen molar-refractivity contribution in [3.05, 3.63) is 0 Å². The highest BCUT2D eigenvalue weighted by atomic mass is 19.1. The number of ketones is 1. The number of alkyl halides is 1. The van der Waals surface area contributed by atoms with E-state index < -0.39 is 11.6 Å². The van der Waals surface area contributed by atoms with E-state index in [1.807, 2.05) is 6.92 Å². The first-order valence-corrected chi connectivity index (χ1v) is 13.5. The molecular weight excluding hydrogens is 433 g/mol. The predicted octanol–water partition coefficient (Wildman–Crippen LogP) is 5.02. The van der Waals surface area contributed by atoms with Gasteiger partial charge in [0.2, 0.25) is 0 Å². The zero-order valence-corrected chi connectivity index (χ0v) is 21.2. The van der Waals surface area contributed by atoms with E-state index in [1.165, 1.54) is 32.4 Å². The SMILES string of the molecule is CON=C1CC2C3CC(F)C(=O)C3(C)CCC2C2(C)CCC(=NOCCN3CCCCC3)CC12. The van der Waals surface area contributed by atoms with Crippen LogP contribution < -0.4 is 0 Å². The van der Waals surface area contributed by atoms with E-state index in [2.05, 4.69) is 22.1 Å². The monoisotopic (exact) mass is 475 g/mol. The van der Waals surface area contributed by atoms with Crippen molar-refractivity contribution in [3.8, 4) is 0 Å². The van der Waals surface area contributed by atoms with Crippen molar-refractivity contribution in [2.75, 3.05) is 33.4 Å². The zero-order valence-electron chi connectivity index (χ0n) is 21.2. The number of carbonyl (C=O) groups excluding carboxylic acids is 1. The Labute approximate surface area is 203 Å². The van der Waals surface area contributed by atoms with E-state index in [4.69, 9.17) is 9.68 Å². The van der Waals surface area contributed by atoms with Crippen molar-refractivity contribution in [1.29, 1.82) is 0 Å². The predicted molar refractivity (Wildman–Crippen MR) is 131 cm³/mol. The van der Waals surface area contributed by atoms with Crippen LogP contribution in [0.4, 0.5) is 4.39 Å². The smallest absolute Gasteiger partial charge is 0.173 e. The lowest BCUT2D eigenvalue weighted by molar-refractivity contribution is -0.135. The third-order valence-corrected chi connectivity index (χ3v) is 10.4.